The third-order valence-corrected chi connectivity index (χ3v) is 2.99. The van der Waals surface area contributed by atoms with Gasteiger partial charge in [-0.25, -0.2) is 9.59 Å². The lowest BCUT2D eigenvalue weighted by Gasteiger charge is -2.18. The number of amides is 2. The first-order chi connectivity index (χ1) is 9.50. The molecule has 0 bridgehead atoms. The van der Waals surface area contributed by atoms with E-state index in [-0.39, 0.29) is 5.92 Å². The Bertz CT molecular complexity index is 432. The highest BCUT2D eigenvalue weighted by Gasteiger charge is 2.22. The summed E-state index contributed by atoms with van der Waals surface area (Å²) in [6.07, 6.45) is 1.70. The molecule has 1 aromatic carbocycles. The van der Waals surface area contributed by atoms with Gasteiger partial charge in [-0.1, -0.05) is 44.2 Å². The smallest absolute Gasteiger partial charge is 0.326 e. The topological polar surface area (TPSA) is 78.4 Å². The van der Waals surface area contributed by atoms with Gasteiger partial charge in [-0.3, -0.25) is 0 Å². The summed E-state index contributed by atoms with van der Waals surface area (Å²) in [6, 6.07) is 8.72. The summed E-state index contributed by atoms with van der Waals surface area (Å²) in [7, 11) is 0. The molecule has 3 N–H and O–H groups in total. The number of urea groups is 1. The fraction of sp³-hybridized carbons (Fsp3) is 0.467. The Labute approximate surface area is 119 Å². The standard InChI is InChI=1S/C15H22N2O3/c1-11(2)13(14(18)19)17-15(20)16-10-6-9-12-7-4-3-5-8-12/h3-5,7-8,11,13H,6,9-10H2,1-2H3,(H,18,19)(H2,16,17,20). The number of carbonyl (C=O) groups excluding carboxylic acids is 1. The van der Waals surface area contributed by atoms with Crippen LogP contribution in [0.4, 0.5) is 4.79 Å². The first-order valence-corrected chi connectivity index (χ1v) is 6.82. The molecule has 0 aliphatic carbocycles. The molecule has 5 heteroatoms. The second-order valence-electron chi connectivity index (χ2n) is 5.05. The lowest BCUT2D eigenvalue weighted by Crippen LogP contribution is -2.48. The van der Waals surface area contributed by atoms with Gasteiger partial charge in [0, 0.05) is 6.54 Å². The van der Waals surface area contributed by atoms with Gasteiger partial charge in [-0.05, 0) is 24.3 Å². The van der Waals surface area contributed by atoms with E-state index in [0.717, 1.165) is 12.8 Å². The summed E-state index contributed by atoms with van der Waals surface area (Å²) in [4.78, 5) is 22.5. The lowest BCUT2D eigenvalue weighted by atomic mass is 10.1. The summed E-state index contributed by atoms with van der Waals surface area (Å²) >= 11 is 0. The van der Waals surface area contributed by atoms with Crippen LogP contribution in [0, 0.1) is 5.92 Å². The molecule has 2 amide bonds. The molecule has 0 aromatic heterocycles. The van der Waals surface area contributed by atoms with Crippen molar-refractivity contribution in [3.05, 3.63) is 35.9 Å². The molecule has 1 aromatic rings. The molecule has 110 valence electrons. The van der Waals surface area contributed by atoms with Crippen molar-refractivity contribution in [1.82, 2.24) is 10.6 Å². The molecule has 0 fully saturated rings. The Morgan fingerprint density at radius 1 is 1.20 bits per heavy atom. The molecule has 0 saturated carbocycles. The van der Waals surface area contributed by atoms with Crippen molar-refractivity contribution >= 4 is 12.0 Å². The largest absolute Gasteiger partial charge is 0.480 e. The van der Waals surface area contributed by atoms with Gasteiger partial charge in [-0.15, -0.1) is 0 Å². The van der Waals surface area contributed by atoms with E-state index in [1.807, 2.05) is 30.3 Å². The van der Waals surface area contributed by atoms with E-state index in [0.29, 0.717) is 6.54 Å². The monoisotopic (exact) mass is 278 g/mol. The molecular formula is C15H22N2O3. The zero-order valence-electron chi connectivity index (χ0n) is 11.9. The number of carboxylic acid groups (broad SMARTS) is 1. The highest BCUT2D eigenvalue weighted by atomic mass is 16.4. The summed E-state index contributed by atoms with van der Waals surface area (Å²) in [5.41, 5.74) is 1.22. The number of carboxylic acids is 1. The van der Waals surface area contributed by atoms with Crippen molar-refractivity contribution in [3.63, 3.8) is 0 Å². The van der Waals surface area contributed by atoms with Gasteiger partial charge in [0.1, 0.15) is 6.04 Å². The van der Waals surface area contributed by atoms with Crippen LogP contribution in [0.25, 0.3) is 0 Å². The molecule has 0 heterocycles. The van der Waals surface area contributed by atoms with Crippen LogP contribution in [0.3, 0.4) is 0 Å². The van der Waals surface area contributed by atoms with E-state index in [9.17, 15) is 9.59 Å². The minimum Gasteiger partial charge on any atom is -0.480 e. The van der Waals surface area contributed by atoms with E-state index < -0.39 is 18.0 Å². The zero-order valence-corrected chi connectivity index (χ0v) is 11.9. The van der Waals surface area contributed by atoms with Crippen molar-refractivity contribution in [2.75, 3.05) is 6.54 Å². The average molecular weight is 278 g/mol. The third kappa shape index (κ3) is 5.73. The quantitative estimate of drug-likeness (QED) is 0.668. The minimum atomic E-state index is -1.01. The molecule has 1 unspecified atom stereocenters. The molecule has 0 spiro atoms. The summed E-state index contributed by atoms with van der Waals surface area (Å²) in [5.74, 6) is -1.16. The summed E-state index contributed by atoms with van der Waals surface area (Å²) in [5, 5.41) is 14.1. The van der Waals surface area contributed by atoms with Crippen molar-refractivity contribution < 1.29 is 14.7 Å². The predicted molar refractivity (Wildman–Crippen MR) is 77.6 cm³/mol. The fourth-order valence-electron chi connectivity index (χ4n) is 1.84. The van der Waals surface area contributed by atoms with Crippen LogP contribution in [0.2, 0.25) is 0 Å². The Morgan fingerprint density at radius 2 is 1.85 bits per heavy atom. The van der Waals surface area contributed by atoms with Crippen molar-refractivity contribution in [2.24, 2.45) is 5.92 Å². The second kappa shape index (κ2) is 8.19. The van der Waals surface area contributed by atoms with Crippen LogP contribution in [0.5, 0.6) is 0 Å². The van der Waals surface area contributed by atoms with Gasteiger partial charge in [-0.2, -0.15) is 0 Å². The number of rotatable bonds is 7. The molecular weight excluding hydrogens is 256 g/mol. The highest BCUT2D eigenvalue weighted by molar-refractivity contribution is 5.82. The first-order valence-electron chi connectivity index (χ1n) is 6.82. The number of carbonyl (C=O) groups is 2. The van der Waals surface area contributed by atoms with Gasteiger partial charge in [0.15, 0.2) is 0 Å². The minimum absolute atomic E-state index is 0.150. The highest BCUT2D eigenvalue weighted by Crippen LogP contribution is 2.02. The predicted octanol–water partition coefficient (Wildman–Crippen LogP) is 2.03. The second-order valence-corrected chi connectivity index (χ2v) is 5.05. The Balaban J connectivity index is 2.24. The maximum Gasteiger partial charge on any atom is 0.326 e. The van der Waals surface area contributed by atoms with Gasteiger partial charge < -0.3 is 15.7 Å². The number of hydrogen-bond acceptors (Lipinski definition) is 2. The zero-order chi connectivity index (χ0) is 15.0. The lowest BCUT2D eigenvalue weighted by molar-refractivity contribution is -0.140. The number of benzene rings is 1. The van der Waals surface area contributed by atoms with E-state index in [1.165, 1.54) is 5.56 Å². The van der Waals surface area contributed by atoms with Crippen LogP contribution in [-0.2, 0) is 11.2 Å². The number of aryl methyl sites for hydroxylation is 1. The van der Waals surface area contributed by atoms with Crippen LogP contribution in [0.15, 0.2) is 30.3 Å². The van der Waals surface area contributed by atoms with Gasteiger partial charge in [0.2, 0.25) is 0 Å². The van der Waals surface area contributed by atoms with Crippen molar-refractivity contribution in [2.45, 2.75) is 32.7 Å². The molecule has 0 aliphatic rings. The van der Waals surface area contributed by atoms with Crippen LogP contribution < -0.4 is 10.6 Å². The summed E-state index contributed by atoms with van der Waals surface area (Å²) in [6.45, 7) is 4.04. The Kier molecular flexibility index (Phi) is 6.56. The maximum absolute atomic E-state index is 11.6. The normalized spacial score (nSPS) is 11.9. The Morgan fingerprint density at radius 3 is 2.40 bits per heavy atom. The van der Waals surface area contributed by atoms with E-state index in [2.05, 4.69) is 10.6 Å². The van der Waals surface area contributed by atoms with Gasteiger partial charge in [0.25, 0.3) is 0 Å². The third-order valence-electron chi connectivity index (χ3n) is 2.99. The molecule has 1 rings (SSSR count). The number of nitrogens with one attached hydrogen (secondary N) is 2. The number of hydrogen-bond donors (Lipinski definition) is 3. The van der Waals surface area contributed by atoms with Crippen LogP contribution in [0.1, 0.15) is 25.8 Å². The summed E-state index contributed by atoms with van der Waals surface area (Å²) < 4.78 is 0. The van der Waals surface area contributed by atoms with Crippen LogP contribution >= 0.6 is 0 Å². The molecule has 0 radical (unpaired) electrons. The molecule has 20 heavy (non-hydrogen) atoms. The number of aliphatic carboxylic acids is 1. The molecule has 0 aliphatic heterocycles. The van der Waals surface area contributed by atoms with E-state index in [1.54, 1.807) is 13.8 Å². The van der Waals surface area contributed by atoms with Gasteiger partial charge >= 0.3 is 12.0 Å². The first kappa shape index (κ1) is 16.0. The fourth-order valence-corrected chi connectivity index (χ4v) is 1.84. The van der Waals surface area contributed by atoms with Crippen molar-refractivity contribution in [3.8, 4) is 0 Å². The molecule has 5 nitrogen and oxygen atoms in total. The van der Waals surface area contributed by atoms with E-state index >= 15 is 0 Å². The maximum atomic E-state index is 11.6. The SMILES string of the molecule is CC(C)C(NC(=O)NCCCc1ccccc1)C(=O)O. The average Bonchev–Trinajstić information content (AvgIpc) is 2.41. The van der Waals surface area contributed by atoms with Gasteiger partial charge in [0.05, 0.1) is 0 Å². The Hall–Kier alpha value is -2.04. The molecule has 1 atom stereocenters. The van der Waals surface area contributed by atoms with Crippen LogP contribution in [-0.4, -0.2) is 29.7 Å². The van der Waals surface area contributed by atoms with E-state index in [4.69, 9.17) is 5.11 Å². The molecule has 0 saturated heterocycles. The van der Waals surface area contributed by atoms with Crippen molar-refractivity contribution in [1.29, 1.82) is 0 Å².